The van der Waals surface area contributed by atoms with Crippen LogP contribution in [0.1, 0.15) is 5.56 Å². The van der Waals surface area contributed by atoms with Gasteiger partial charge in [0.25, 0.3) is 0 Å². The second kappa shape index (κ2) is 6.44. The van der Waals surface area contributed by atoms with Gasteiger partial charge in [0.2, 0.25) is 0 Å². The third-order valence-electron chi connectivity index (χ3n) is 1.68. The van der Waals surface area contributed by atoms with E-state index in [9.17, 15) is 0 Å². The van der Waals surface area contributed by atoms with Gasteiger partial charge in [-0.1, -0.05) is 12.7 Å². The molecule has 0 saturated heterocycles. The van der Waals surface area contributed by atoms with E-state index in [0.717, 1.165) is 13.0 Å². The monoisotopic (exact) mass is 195 g/mol. The summed E-state index contributed by atoms with van der Waals surface area (Å²) < 4.78 is 2.08. The quantitative estimate of drug-likeness (QED) is 0.424. The van der Waals surface area contributed by atoms with E-state index >= 15 is 0 Å². The van der Waals surface area contributed by atoms with Crippen molar-refractivity contribution in [2.24, 2.45) is 0 Å². The van der Waals surface area contributed by atoms with Gasteiger partial charge in [0.1, 0.15) is 0 Å². The van der Waals surface area contributed by atoms with Crippen LogP contribution in [0, 0.1) is 0 Å². The molecule has 0 fully saturated rings. The Morgan fingerprint density at radius 3 is 2.23 bits per heavy atom. The van der Waals surface area contributed by atoms with Crippen molar-refractivity contribution < 1.29 is 17.0 Å². The minimum Gasteiger partial charge on any atom is -1.00 e. The van der Waals surface area contributed by atoms with E-state index in [1.165, 1.54) is 5.56 Å². The Balaban J connectivity index is 0.00000144. The molecule has 2 heteroatoms. The molecule has 1 nitrogen and oxygen atoms in total. The van der Waals surface area contributed by atoms with Gasteiger partial charge in [-0.05, 0) is 18.1 Å². The number of nitrogens with zero attached hydrogens (tertiary/aromatic N) is 1. The predicted octanol–water partition coefficient (Wildman–Crippen LogP) is -1.11. The van der Waals surface area contributed by atoms with Crippen LogP contribution in [0.5, 0.6) is 0 Å². The van der Waals surface area contributed by atoms with Crippen molar-refractivity contribution >= 4 is 0 Å². The Hall–Kier alpha value is -1.08. The number of halogens is 1. The highest BCUT2D eigenvalue weighted by molar-refractivity contribution is 5.10. The molecule has 0 radical (unpaired) electrons. The number of hydrogen-bond donors (Lipinski definition) is 0. The number of rotatable bonds is 4. The molecule has 0 aliphatic carbocycles. The first-order valence-corrected chi connectivity index (χ1v) is 4.06. The largest absolute Gasteiger partial charge is 1.00 e. The molecule has 0 amide bonds. The van der Waals surface area contributed by atoms with Crippen LogP contribution in [0.3, 0.4) is 0 Å². The zero-order valence-electron chi connectivity index (χ0n) is 7.62. The van der Waals surface area contributed by atoms with Crippen molar-refractivity contribution in [1.82, 2.24) is 0 Å². The van der Waals surface area contributed by atoms with Crippen LogP contribution in [0.25, 0.3) is 0 Å². The fraction of sp³-hybridized carbons (Fsp3) is 0.182. The van der Waals surface area contributed by atoms with Crippen molar-refractivity contribution in [3.8, 4) is 0 Å². The first-order valence-electron chi connectivity index (χ1n) is 4.06. The summed E-state index contributed by atoms with van der Waals surface area (Å²) >= 11 is 0. The number of pyridine rings is 1. The van der Waals surface area contributed by atoms with E-state index in [1.54, 1.807) is 0 Å². The smallest absolute Gasteiger partial charge is 0.169 e. The molecule has 0 N–H and O–H groups in total. The number of allylic oxidation sites excluding steroid dienone is 2. The molecule has 1 rings (SSSR count). The number of aromatic nitrogens is 1. The lowest BCUT2D eigenvalue weighted by Crippen LogP contribution is -3.00. The van der Waals surface area contributed by atoms with Crippen LogP contribution < -0.4 is 17.0 Å². The van der Waals surface area contributed by atoms with Crippen LogP contribution in [-0.2, 0) is 13.0 Å². The van der Waals surface area contributed by atoms with Gasteiger partial charge in [-0.15, -0.1) is 6.58 Å². The van der Waals surface area contributed by atoms with Crippen molar-refractivity contribution in [3.63, 3.8) is 0 Å². The zero-order valence-corrected chi connectivity index (χ0v) is 8.37. The first-order chi connectivity index (χ1) is 5.86. The standard InChI is InChI=1S/C11H14N.ClH/c1-3-5-11-6-9-12(8-4-2)10-7-11;/h3-4,6-7,9-10H,1-2,5,8H2;1H/q+1;/p-1. The summed E-state index contributed by atoms with van der Waals surface area (Å²) in [4.78, 5) is 0. The third-order valence-corrected chi connectivity index (χ3v) is 1.68. The molecule has 0 saturated carbocycles. The summed E-state index contributed by atoms with van der Waals surface area (Å²) in [6.45, 7) is 8.24. The Labute approximate surface area is 85.8 Å². The molecule has 0 atom stereocenters. The van der Waals surface area contributed by atoms with E-state index in [4.69, 9.17) is 0 Å². The van der Waals surface area contributed by atoms with Crippen molar-refractivity contribution in [2.45, 2.75) is 13.0 Å². The highest BCUT2D eigenvalue weighted by Crippen LogP contribution is 1.96. The minimum atomic E-state index is 0. The van der Waals surface area contributed by atoms with Gasteiger partial charge in [-0.25, -0.2) is 4.57 Å². The lowest BCUT2D eigenvalue weighted by molar-refractivity contribution is -0.687. The SMILES string of the molecule is C=CCc1cc[n+](CC=C)cc1.[Cl-]. The van der Waals surface area contributed by atoms with Crippen molar-refractivity contribution in [1.29, 1.82) is 0 Å². The summed E-state index contributed by atoms with van der Waals surface area (Å²) in [7, 11) is 0. The molecule has 1 aromatic heterocycles. The van der Waals surface area contributed by atoms with Gasteiger partial charge in [-0.2, -0.15) is 0 Å². The topological polar surface area (TPSA) is 3.88 Å². The van der Waals surface area contributed by atoms with Crippen LogP contribution in [0.4, 0.5) is 0 Å². The zero-order chi connectivity index (χ0) is 8.81. The van der Waals surface area contributed by atoms with Crippen molar-refractivity contribution in [2.75, 3.05) is 0 Å². The Morgan fingerprint density at radius 2 is 1.77 bits per heavy atom. The second-order valence-corrected chi connectivity index (χ2v) is 2.68. The fourth-order valence-electron chi connectivity index (χ4n) is 1.06. The summed E-state index contributed by atoms with van der Waals surface area (Å²) in [6.07, 6.45) is 8.84. The summed E-state index contributed by atoms with van der Waals surface area (Å²) in [5.41, 5.74) is 1.30. The summed E-state index contributed by atoms with van der Waals surface area (Å²) in [5, 5.41) is 0. The molecule has 0 aliphatic rings. The van der Waals surface area contributed by atoms with Gasteiger partial charge < -0.3 is 12.4 Å². The Bertz CT molecular complexity index is 235. The predicted molar refractivity (Wildman–Crippen MR) is 50.7 cm³/mol. The normalized spacial score (nSPS) is 8.62. The summed E-state index contributed by atoms with van der Waals surface area (Å²) in [6, 6.07) is 4.20. The number of hydrogen-bond acceptors (Lipinski definition) is 0. The molecule has 0 bridgehead atoms. The molecule has 0 spiro atoms. The van der Waals surface area contributed by atoms with Gasteiger partial charge in [0.15, 0.2) is 18.9 Å². The van der Waals surface area contributed by atoms with Crippen LogP contribution >= 0.6 is 0 Å². The third kappa shape index (κ3) is 3.90. The second-order valence-electron chi connectivity index (χ2n) is 2.68. The Kier molecular flexibility index (Phi) is 5.90. The lowest BCUT2D eigenvalue weighted by Gasteiger charge is -1.94. The first kappa shape index (κ1) is 11.9. The lowest BCUT2D eigenvalue weighted by atomic mass is 10.2. The Morgan fingerprint density at radius 1 is 1.15 bits per heavy atom. The van der Waals surface area contributed by atoms with Crippen LogP contribution in [0.15, 0.2) is 49.8 Å². The average molecular weight is 196 g/mol. The molecule has 70 valence electrons. The van der Waals surface area contributed by atoms with Gasteiger partial charge in [0.05, 0.1) is 0 Å². The minimum absolute atomic E-state index is 0. The molecule has 0 unspecified atom stereocenters. The van der Waals surface area contributed by atoms with Gasteiger partial charge in [0, 0.05) is 12.1 Å². The van der Waals surface area contributed by atoms with Crippen molar-refractivity contribution in [3.05, 3.63) is 55.4 Å². The molecule has 13 heavy (non-hydrogen) atoms. The molecule has 1 heterocycles. The van der Waals surface area contributed by atoms with Crippen LogP contribution in [0.2, 0.25) is 0 Å². The van der Waals surface area contributed by atoms with E-state index in [0.29, 0.717) is 0 Å². The van der Waals surface area contributed by atoms with Crippen LogP contribution in [-0.4, -0.2) is 0 Å². The molecular weight excluding hydrogens is 182 g/mol. The highest BCUT2D eigenvalue weighted by atomic mass is 35.5. The van der Waals surface area contributed by atoms with E-state index in [2.05, 4.69) is 42.3 Å². The van der Waals surface area contributed by atoms with E-state index in [-0.39, 0.29) is 12.4 Å². The van der Waals surface area contributed by atoms with E-state index < -0.39 is 0 Å². The maximum Gasteiger partial charge on any atom is 0.169 e. The average Bonchev–Trinajstić information content (AvgIpc) is 2.09. The molecule has 1 aromatic rings. The maximum atomic E-state index is 3.69. The fourth-order valence-corrected chi connectivity index (χ4v) is 1.06. The van der Waals surface area contributed by atoms with Gasteiger partial charge in [-0.3, -0.25) is 0 Å². The van der Waals surface area contributed by atoms with Gasteiger partial charge >= 0.3 is 0 Å². The summed E-state index contributed by atoms with van der Waals surface area (Å²) in [5.74, 6) is 0. The maximum absolute atomic E-state index is 3.69. The molecule has 0 aromatic carbocycles. The highest BCUT2D eigenvalue weighted by Gasteiger charge is 1.95. The molecule has 0 aliphatic heterocycles. The van der Waals surface area contributed by atoms with E-state index in [1.807, 2.05) is 12.2 Å². The molecular formula is C11H14ClN.